The number of primary amides is 1. The van der Waals surface area contributed by atoms with Gasteiger partial charge in [-0.05, 0) is 63.4 Å². The Bertz CT molecular complexity index is 1500. The van der Waals surface area contributed by atoms with E-state index in [1.807, 2.05) is 0 Å². The first kappa shape index (κ1) is 24.4. The number of carbonyl (C=O) groups is 1. The number of furan rings is 1. The molecule has 38 heavy (non-hydrogen) atoms. The summed E-state index contributed by atoms with van der Waals surface area (Å²) in [5.41, 5.74) is 9.66. The summed E-state index contributed by atoms with van der Waals surface area (Å²) < 4.78 is 6.92. The molecule has 0 saturated carbocycles. The van der Waals surface area contributed by atoms with Gasteiger partial charge in [0.1, 0.15) is 12.6 Å². The maximum Gasteiger partial charge on any atom is 0.284 e. The fourth-order valence-corrected chi connectivity index (χ4v) is 6.20. The normalized spacial score (nSPS) is 21.6. The van der Waals surface area contributed by atoms with Crippen LogP contribution in [-0.4, -0.2) is 60.6 Å². The summed E-state index contributed by atoms with van der Waals surface area (Å²) in [5, 5.41) is 7.73. The summed E-state index contributed by atoms with van der Waals surface area (Å²) >= 11 is 0. The minimum atomic E-state index is -0.631. The van der Waals surface area contributed by atoms with Gasteiger partial charge in [0.15, 0.2) is 17.2 Å². The third-order valence-corrected chi connectivity index (χ3v) is 8.22. The molecule has 3 N–H and O–H groups in total. The zero-order valence-corrected chi connectivity index (χ0v) is 22.5. The van der Waals surface area contributed by atoms with Crippen LogP contribution in [0.1, 0.15) is 51.6 Å². The fraction of sp³-hybridized carbons (Fsp3) is 0.429. The number of carbonyl (C=O) groups excluding carboxylic acids is 1. The molecule has 5 heterocycles. The smallest absolute Gasteiger partial charge is 0.284 e. The molecule has 3 aromatic heterocycles. The number of rotatable bonds is 6. The highest BCUT2D eigenvalue weighted by atomic mass is 16.3. The molecule has 4 aromatic rings. The van der Waals surface area contributed by atoms with E-state index in [1.165, 1.54) is 24.7 Å². The molecular formula is C28H34N8O2. The van der Waals surface area contributed by atoms with Crippen molar-refractivity contribution in [3.8, 4) is 11.3 Å². The van der Waals surface area contributed by atoms with Crippen molar-refractivity contribution in [2.45, 2.75) is 58.2 Å². The van der Waals surface area contributed by atoms with E-state index in [0.717, 1.165) is 18.8 Å². The average Bonchev–Trinajstić information content (AvgIpc) is 3.67. The van der Waals surface area contributed by atoms with E-state index < -0.39 is 5.91 Å². The van der Waals surface area contributed by atoms with Crippen LogP contribution in [0.15, 0.2) is 53.5 Å². The third kappa shape index (κ3) is 3.82. The lowest BCUT2D eigenvalue weighted by Gasteiger charge is -2.49. The molecule has 2 saturated heterocycles. The molecule has 10 heteroatoms. The van der Waals surface area contributed by atoms with E-state index in [1.54, 1.807) is 16.8 Å². The molecule has 0 aliphatic carbocycles. The average molecular weight is 515 g/mol. The Morgan fingerprint density at radius 2 is 1.97 bits per heavy atom. The number of benzene rings is 1. The fourth-order valence-electron chi connectivity index (χ4n) is 6.20. The number of nitrogens with zero attached hydrogens (tertiary/aromatic N) is 6. The number of likely N-dealkylation sites (tertiary alicyclic amines) is 1. The quantitative estimate of drug-likeness (QED) is 0.391. The second-order valence-corrected chi connectivity index (χ2v) is 11.7. The molecule has 2 atom stereocenters. The Labute approximate surface area is 221 Å². The SMILES string of the molecule is CC(C)[C@]12C[C@H](CN1c1ccc(Nc3ncc(-c4coc(C(N)=O)c4)n4ncnc34)cc1)N(C(C)(C)C)C2. The molecule has 0 spiro atoms. The number of hydrogen-bond donors (Lipinski definition) is 2. The zero-order chi connectivity index (χ0) is 26.8. The van der Waals surface area contributed by atoms with Crippen LogP contribution in [0.3, 0.4) is 0 Å². The standard InChI is InChI=1S/C28H34N8O2/c1-17(2)28-11-21(35(15-28)27(3,4)5)13-34(28)20-8-6-19(7-9-20)33-25-26-31-16-32-36(26)22(12-30-25)18-10-23(24(29)37)38-14-18/h6-10,12,14,16-17,21H,11,13,15H2,1-5H3,(H2,29,37)(H,30,33)/t21-,28-/m1/s1. The van der Waals surface area contributed by atoms with Crippen molar-refractivity contribution in [3.63, 3.8) is 0 Å². The molecule has 0 unspecified atom stereocenters. The summed E-state index contributed by atoms with van der Waals surface area (Å²) in [6, 6.07) is 10.7. The van der Waals surface area contributed by atoms with Crippen molar-refractivity contribution in [1.82, 2.24) is 24.5 Å². The molecule has 2 aliphatic heterocycles. The molecule has 6 rings (SSSR count). The van der Waals surface area contributed by atoms with Crippen molar-refractivity contribution < 1.29 is 9.21 Å². The highest BCUT2D eigenvalue weighted by Gasteiger charge is 2.57. The van der Waals surface area contributed by atoms with Crippen LogP contribution in [-0.2, 0) is 0 Å². The minimum Gasteiger partial charge on any atom is -0.458 e. The Kier molecular flexibility index (Phi) is 5.50. The lowest BCUT2D eigenvalue weighted by Crippen LogP contribution is -2.60. The summed E-state index contributed by atoms with van der Waals surface area (Å²) in [7, 11) is 0. The highest BCUT2D eigenvalue weighted by molar-refractivity contribution is 5.91. The largest absolute Gasteiger partial charge is 0.458 e. The predicted molar refractivity (Wildman–Crippen MR) is 147 cm³/mol. The summed E-state index contributed by atoms with van der Waals surface area (Å²) in [4.78, 5) is 25.7. The van der Waals surface area contributed by atoms with Gasteiger partial charge < -0.3 is 20.4 Å². The number of nitrogens with one attached hydrogen (secondary N) is 1. The van der Waals surface area contributed by atoms with Gasteiger partial charge in [0, 0.05) is 41.6 Å². The van der Waals surface area contributed by atoms with Crippen molar-refractivity contribution in [1.29, 1.82) is 0 Å². The van der Waals surface area contributed by atoms with Gasteiger partial charge in [0.25, 0.3) is 5.91 Å². The first-order chi connectivity index (χ1) is 18.1. The summed E-state index contributed by atoms with van der Waals surface area (Å²) in [6.45, 7) is 13.8. The van der Waals surface area contributed by atoms with Gasteiger partial charge in [0.05, 0.1) is 17.4 Å². The van der Waals surface area contributed by atoms with Gasteiger partial charge in [-0.15, -0.1) is 0 Å². The van der Waals surface area contributed by atoms with Crippen molar-refractivity contribution in [2.75, 3.05) is 23.3 Å². The minimum absolute atomic E-state index is 0.0761. The Hall–Kier alpha value is -3.92. The van der Waals surface area contributed by atoms with E-state index >= 15 is 0 Å². The van der Waals surface area contributed by atoms with Crippen LogP contribution >= 0.6 is 0 Å². The van der Waals surface area contributed by atoms with E-state index in [9.17, 15) is 4.79 Å². The summed E-state index contributed by atoms with van der Waals surface area (Å²) in [5.74, 6) is 0.578. The van der Waals surface area contributed by atoms with E-state index in [4.69, 9.17) is 10.2 Å². The molecule has 0 radical (unpaired) electrons. The number of amides is 1. The maximum atomic E-state index is 11.4. The predicted octanol–water partition coefficient (Wildman–Crippen LogP) is 4.31. The number of nitrogens with two attached hydrogens (primary N) is 1. The zero-order valence-electron chi connectivity index (χ0n) is 22.5. The number of aromatic nitrogens is 4. The second kappa shape index (κ2) is 8.56. The van der Waals surface area contributed by atoms with Gasteiger partial charge in [0.2, 0.25) is 0 Å². The van der Waals surface area contributed by atoms with Crippen molar-refractivity contribution >= 4 is 28.7 Å². The van der Waals surface area contributed by atoms with Crippen LogP contribution < -0.4 is 16.0 Å². The lowest BCUT2D eigenvalue weighted by molar-refractivity contribution is 0.0946. The number of piperazine rings is 1. The van der Waals surface area contributed by atoms with Crippen molar-refractivity contribution in [3.05, 3.63) is 54.9 Å². The van der Waals surface area contributed by atoms with Crippen LogP contribution in [0.4, 0.5) is 17.2 Å². The summed E-state index contributed by atoms with van der Waals surface area (Å²) in [6.07, 6.45) is 5.81. The topological polar surface area (TPSA) is 118 Å². The van der Waals surface area contributed by atoms with E-state index in [2.05, 4.69) is 89.1 Å². The monoisotopic (exact) mass is 514 g/mol. The van der Waals surface area contributed by atoms with E-state index in [0.29, 0.717) is 34.7 Å². The Morgan fingerprint density at radius 3 is 2.63 bits per heavy atom. The van der Waals surface area contributed by atoms with Crippen molar-refractivity contribution in [2.24, 2.45) is 11.7 Å². The van der Waals surface area contributed by atoms with E-state index in [-0.39, 0.29) is 16.8 Å². The Morgan fingerprint density at radius 1 is 1.21 bits per heavy atom. The van der Waals surface area contributed by atoms with Gasteiger partial charge in [-0.1, -0.05) is 13.8 Å². The highest BCUT2D eigenvalue weighted by Crippen LogP contribution is 2.49. The number of fused-ring (bicyclic) bond motifs is 3. The second-order valence-electron chi connectivity index (χ2n) is 11.7. The third-order valence-electron chi connectivity index (χ3n) is 8.22. The number of hydrogen-bond acceptors (Lipinski definition) is 8. The first-order valence-corrected chi connectivity index (χ1v) is 13.1. The molecular weight excluding hydrogens is 480 g/mol. The van der Waals surface area contributed by atoms with Gasteiger partial charge in [-0.2, -0.15) is 5.10 Å². The molecule has 2 bridgehead atoms. The maximum absolute atomic E-state index is 11.4. The molecule has 1 aromatic carbocycles. The molecule has 198 valence electrons. The van der Waals surface area contributed by atoms with Crippen LogP contribution in [0.2, 0.25) is 0 Å². The van der Waals surface area contributed by atoms with Gasteiger partial charge in [-0.3, -0.25) is 9.69 Å². The van der Waals surface area contributed by atoms with Gasteiger partial charge >= 0.3 is 0 Å². The lowest BCUT2D eigenvalue weighted by atomic mass is 9.84. The molecule has 2 aliphatic rings. The number of anilines is 3. The van der Waals surface area contributed by atoms with Crippen LogP contribution in [0.25, 0.3) is 16.9 Å². The van der Waals surface area contributed by atoms with Crippen LogP contribution in [0, 0.1) is 5.92 Å². The van der Waals surface area contributed by atoms with Gasteiger partial charge in [-0.25, -0.2) is 14.5 Å². The molecule has 2 fully saturated rings. The Balaban J connectivity index is 1.24. The molecule has 10 nitrogen and oxygen atoms in total. The molecule has 1 amide bonds. The van der Waals surface area contributed by atoms with Crippen LogP contribution in [0.5, 0.6) is 0 Å². The first-order valence-electron chi connectivity index (χ1n) is 13.1.